The predicted octanol–water partition coefficient (Wildman–Crippen LogP) is 3.69. The third-order valence-electron chi connectivity index (χ3n) is 6.05. The van der Waals surface area contributed by atoms with E-state index in [1.54, 1.807) is 6.08 Å². The van der Waals surface area contributed by atoms with Crippen LogP contribution < -0.4 is 0 Å². The minimum Gasteiger partial charge on any atom is -0.462 e. The highest BCUT2D eigenvalue weighted by Gasteiger charge is 2.68. The maximum Gasteiger partial charge on any atom is 0.235 e. The molecule has 21 heavy (non-hydrogen) atoms. The van der Waals surface area contributed by atoms with Crippen molar-refractivity contribution in [3.8, 4) is 0 Å². The van der Waals surface area contributed by atoms with Gasteiger partial charge in [-0.25, -0.2) is 9.78 Å². The SMILES string of the molecule is C=CC1=C(C)[C@@H]2CC[C@@H](C)[C@@H]3CC[C@@]4(C)OO[C@@]23[C@H](O1)O4. The van der Waals surface area contributed by atoms with E-state index in [2.05, 4.69) is 20.4 Å². The lowest BCUT2D eigenvalue weighted by molar-refractivity contribution is -0.555. The average molecular weight is 292 g/mol. The van der Waals surface area contributed by atoms with E-state index in [0.29, 0.717) is 11.8 Å². The van der Waals surface area contributed by atoms with Crippen LogP contribution in [-0.4, -0.2) is 17.7 Å². The quantitative estimate of drug-likeness (QED) is 0.691. The fourth-order valence-electron chi connectivity index (χ4n) is 4.84. The first kappa shape index (κ1) is 13.8. The smallest absolute Gasteiger partial charge is 0.235 e. The Kier molecular flexibility index (Phi) is 2.85. The Morgan fingerprint density at radius 1 is 1.24 bits per heavy atom. The Labute approximate surface area is 126 Å². The summed E-state index contributed by atoms with van der Waals surface area (Å²) in [6, 6.07) is 0. The lowest BCUT2D eigenvalue weighted by Gasteiger charge is -2.57. The van der Waals surface area contributed by atoms with Crippen LogP contribution >= 0.6 is 0 Å². The molecule has 0 unspecified atom stereocenters. The van der Waals surface area contributed by atoms with E-state index >= 15 is 0 Å². The lowest BCUT2D eigenvalue weighted by atomic mass is 9.59. The highest BCUT2D eigenvalue weighted by atomic mass is 17.3. The summed E-state index contributed by atoms with van der Waals surface area (Å²) in [5, 5.41) is 0. The highest BCUT2D eigenvalue weighted by Crippen LogP contribution is 2.60. The molecule has 0 radical (unpaired) electrons. The van der Waals surface area contributed by atoms with Gasteiger partial charge in [0.1, 0.15) is 5.76 Å². The molecular weight excluding hydrogens is 268 g/mol. The van der Waals surface area contributed by atoms with Crippen LogP contribution in [-0.2, 0) is 19.2 Å². The maximum absolute atomic E-state index is 6.21. The van der Waals surface area contributed by atoms with Gasteiger partial charge < -0.3 is 9.47 Å². The van der Waals surface area contributed by atoms with Crippen LogP contribution in [0.25, 0.3) is 0 Å². The summed E-state index contributed by atoms with van der Waals surface area (Å²) in [6.45, 7) is 10.3. The van der Waals surface area contributed by atoms with Crippen molar-refractivity contribution >= 4 is 0 Å². The topological polar surface area (TPSA) is 36.9 Å². The van der Waals surface area contributed by atoms with Crippen molar-refractivity contribution in [2.24, 2.45) is 17.8 Å². The summed E-state index contributed by atoms with van der Waals surface area (Å²) in [5.74, 6) is 1.44. The molecule has 0 aromatic heterocycles. The zero-order valence-corrected chi connectivity index (χ0v) is 13.1. The van der Waals surface area contributed by atoms with Crippen molar-refractivity contribution in [1.82, 2.24) is 0 Å². The van der Waals surface area contributed by atoms with Crippen LogP contribution in [0.2, 0.25) is 0 Å². The Morgan fingerprint density at radius 2 is 2.05 bits per heavy atom. The molecule has 4 heterocycles. The van der Waals surface area contributed by atoms with Gasteiger partial charge in [0.15, 0.2) is 5.60 Å². The van der Waals surface area contributed by atoms with Crippen molar-refractivity contribution in [3.63, 3.8) is 0 Å². The maximum atomic E-state index is 6.21. The molecule has 1 saturated carbocycles. The van der Waals surface area contributed by atoms with Gasteiger partial charge in [0.05, 0.1) is 0 Å². The molecule has 3 saturated heterocycles. The largest absolute Gasteiger partial charge is 0.462 e. The van der Waals surface area contributed by atoms with Crippen molar-refractivity contribution in [3.05, 3.63) is 24.0 Å². The number of hydrogen-bond donors (Lipinski definition) is 0. The monoisotopic (exact) mass is 292 g/mol. The van der Waals surface area contributed by atoms with Gasteiger partial charge in [-0.05, 0) is 50.7 Å². The van der Waals surface area contributed by atoms with E-state index in [1.165, 1.54) is 12.0 Å². The van der Waals surface area contributed by atoms with E-state index < -0.39 is 17.7 Å². The molecule has 6 atom stereocenters. The van der Waals surface area contributed by atoms with Crippen LogP contribution in [0.4, 0.5) is 0 Å². The molecule has 5 aliphatic rings. The fraction of sp³-hybridized carbons (Fsp3) is 0.765. The minimum atomic E-state index is -0.699. The third-order valence-corrected chi connectivity index (χ3v) is 6.05. The third kappa shape index (κ3) is 1.67. The van der Waals surface area contributed by atoms with Crippen LogP contribution in [0.3, 0.4) is 0 Å². The average Bonchev–Trinajstić information content (AvgIpc) is 2.69. The van der Waals surface area contributed by atoms with Crippen LogP contribution in [0.1, 0.15) is 46.5 Å². The normalized spacial score (nSPS) is 52.0. The van der Waals surface area contributed by atoms with E-state index in [1.807, 2.05) is 6.92 Å². The molecular formula is C17H24O4. The van der Waals surface area contributed by atoms with E-state index in [-0.39, 0.29) is 5.92 Å². The molecule has 1 aliphatic carbocycles. The standard InChI is InChI=1S/C17H24O4/c1-5-14-11(3)13-7-6-10(2)12-8-9-16(4)19-15(18-14)17(12,13)21-20-16/h5,10,12-13,15H,1,6-9H2,2-4H3/t10-,12+,13+,15-,16-,17-/m1/s1. The van der Waals surface area contributed by atoms with Crippen LogP contribution in [0, 0.1) is 17.8 Å². The second-order valence-electron chi connectivity index (χ2n) is 7.23. The summed E-state index contributed by atoms with van der Waals surface area (Å²) in [6.07, 6.45) is 5.60. The van der Waals surface area contributed by atoms with Crippen molar-refractivity contribution in [1.29, 1.82) is 0 Å². The molecule has 4 fully saturated rings. The first-order chi connectivity index (χ1) is 10.00. The van der Waals surface area contributed by atoms with Gasteiger partial charge in [0.25, 0.3) is 0 Å². The van der Waals surface area contributed by atoms with Gasteiger partial charge in [-0.15, -0.1) is 0 Å². The van der Waals surface area contributed by atoms with E-state index in [4.69, 9.17) is 19.2 Å². The molecule has 1 spiro atoms. The minimum absolute atomic E-state index is 0.285. The van der Waals surface area contributed by atoms with Gasteiger partial charge >= 0.3 is 0 Å². The number of allylic oxidation sites excluding steroid dienone is 1. The molecule has 2 bridgehead atoms. The molecule has 0 aromatic carbocycles. The molecule has 4 heteroatoms. The van der Waals surface area contributed by atoms with E-state index in [0.717, 1.165) is 25.0 Å². The van der Waals surface area contributed by atoms with Gasteiger partial charge in [-0.2, -0.15) is 0 Å². The summed E-state index contributed by atoms with van der Waals surface area (Å²) in [5.41, 5.74) is 0.723. The summed E-state index contributed by atoms with van der Waals surface area (Å²) in [4.78, 5) is 11.8. The zero-order valence-electron chi connectivity index (χ0n) is 13.1. The Bertz CT molecular complexity index is 513. The Morgan fingerprint density at radius 3 is 2.81 bits per heavy atom. The molecule has 0 N–H and O–H groups in total. The number of hydrogen-bond acceptors (Lipinski definition) is 4. The lowest BCUT2D eigenvalue weighted by Crippen LogP contribution is -2.66. The fourth-order valence-corrected chi connectivity index (χ4v) is 4.84. The number of ether oxygens (including phenoxy) is 2. The first-order valence-corrected chi connectivity index (χ1v) is 8.05. The summed E-state index contributed by atoms with van der Waals surface area (Å²) in [7, 11) is 0. The second-order valence-corrected chi connectivity index (χ2v) is 7.23. The molecule has 116 valence electrons. The van der Waals surface area contributed by atoms with Crippen molar-refractivity contribution in [2.45, 2.75) is 64.1 Å². The van der Waals surface area contributed by atoms with Gasteiger partial charge in [-0.3, -0.25) is 0 Å². The van der Waals surface area contributed by atoms with Crippen molar-refractivity contribution in [2.75, 3.05) is 0 Å². The Balaban J connectivity index is 1.87. The molecule has 0 aromatic rings. The van der Waals surface area contributed by atoms with Crippen LogP contribution in [0.5, 0.6) is 0 Å². The molecule has 4 aliphatic heterocycles. The first-order valence-electron chi connectivity index (χ1n) is 8.05. The van der Waals surface area contributed by atoms with Crippen molar-refractivity contribution < 1.29 is 19.2 Å². The van der Waals surface area contributed by atoms with Gasteiger partial charge in [-0.1, -0.05) is 13.5 Å². The van der Waals surface area contributed by atoms with Gasteiger partial charge in [0.2, 0.25) is 12.1 Å². The summed E-state index contributed by atoms with van der Waals surface area (Å²) >= 11 is 0. The Hall–Kier alpha value is -0.840. The second kappa shape index (κ2) is 4.34. The molecule has 4 nitrogen and oxygen atoms in total. The van der Waals surface area contributed by atoms with Crippen LogP contribution in [0.15, 0.2) is 24.0 Å². The predicted molar refractivity (Wildman–Crippen MR) is 76.8 cm³/mol. The van der Waals surface area contributed by atoms with E-state index in [9.17, 15) is 0 Å². The highest BCUT2D eigenvalue weighted by molar-refractivity contribution is 5.28. The number of rotatable bonds is 1. The number of fused-ring (bicyclic) bond motifs is 2. The van der Waals surface area contributed by atoms with Gasteiger partial charge in [0, 0.05) is 18.3 Å². The summed E-state index contributed by atoms with van der Waals surface area (Å²) < 4.78 is 12.3. The zero-order chi connectivity index (χ0) is 14.8. The molecule has 5 rings (SSSR count). The molecule has 0 amide bonds.